The predicted octanol–water partition coefficient (Wildman–Crippen LogP) is 2.41. The minimum Gasteiger partial charge on any atom is -0.330 e. The largest absolute Gasteiger partial charge is 0.330 e. The van der Waals surface area contributed by atoms with Crippen LogP contribution in [0.15, 0.2) is 0 Å². The molecule has 0 saturated heterocycles. The quantitative estimate of drug-likeness (QED) is 0.703. The van der Waals surface area contributed by atoms with Gasteiger partial charge in [0.05, 0.1) is 0 Å². The smallest absolute Gasteiger partial charge is 0.245 e. The third-order valence-corrected chi connectivity index (χ3v) is 3.23. The van der Waals surface area contributed by atoms with Gasteiger partial charge in [0.25, 0.3) is 0 Å². The molecule has 0 aromatic heterocycles. The second kappa shape index (κ2) is 3.69. The molecule has 1 fully saturated rings. The van der Waals surface area contributed by atoms with Crippen LogP contribution in [0.5, 0.6) is 0 Å². The Morgan fingerprint density at radius 3 is 2.25 bits per heavy atom. The molecule has 1 aliphatic carbocycles. The fourth-order valence-electron chi connectivity index (χ4n) is 2.02. The van der Waals surface area contributed by atoms with Gasteiger partial charge in [-0.25, -0.2) is 8.78 Å². The number of halogens is 2. The molecule has 1 nitrogen and oxygen atoms in total. The second-order valence-corrected chi connectivity index (χ2v) is 3.99. The van der Waals surface area contributed by atoms with Crippen LogP contribution in [0.25, 0.3) is 0 Å². The maximum atomic E-state index is 12.7. The lowest BCUT2D eigenvalue weighted by Gasteiger charge is -2.33. The maximum absolute atomic E-state index is 12.7. The van der Waals surface area contributed by atoms with E-state index in [-0.39, 0.29) is 12.5 Å². The van der Waals surface area contributed by atoms with Crippen molar-refractivity contribution in [2.24, 2.45) is 17.1 Å². The zero-order chi connectivity index (χ0) is 9.19. The number of hydrogen-bond donors (Lipinski definition) is 1. The first-order valence-electron chi connectivity index (χ1n) is 4.59. The Bertz CT molecular complexity index is 143. The number of hydrogen-bond acceptors (Lipinski definition) is 1. The molecule has 72 valence electrons. The highest BCUT2D eigenvalue weighted by Gasteiger charge is 2.42. The van der Waals surface area contributed by atoms with Crippen LogP contribution >= 0.6 is 0 Å². The topological polar surface area (TPSA) is 26.0 Å². The average molecular weight is 177 g/mol. The van der Waals surface area contributed by atoms with Gasteiger partial charge in [0.15, 0.2) is 0 Å². The molecule has 0 bridgehead atoms. The SMILES string of the molecule is CC(CN)(C(F)F)C1CCCC1. The molecule has 1 unspecified atom stereocenters. The van der Waals surface area contributed by atoms with Crippen molar-refractivity contribution < 1.29 is 8.78 Å². The number of rotatable bonds is 3. The summed E-state index contributed by atoms with van der Waals surface area (Å²) in [7, 11) is 0. The van der Waals surface area contributed by atoms with Crippen molar-refractivity contribution >= 4 is 0 Å². The third-order valence-electron chi connectivity index (χ3n) is 3.23. The van der Waals surface area contributed by atoms with Crippen LogP contribution in [-0.4, -0.2) is 13.0 Å². The lowest BCUT2D eigenvalue weighted by Crippen LogP contribution is -2.40. The summed E-state index contributed by atoms with van der Waals surface area (Å²) < 4.78 is 25.3. The molecule has 0 radical (unpaired) electrons. The fourth-order valence-corrected chi connectivity index (χ4v) is 2.02. The Morgan fingerprint density at radius 1 is 1.42 bits per heavy atom. The Labute approximate surface area is 72.3 Å². The summed E-state index contributed by atoms with van der Waals surface area (Å²) in [6, 6.07) is 0. The molecule has 12 heavy (non-hydrogen) atoms. The Hall–Kier alpha value is -0.180. The lowest BCUT2D eigenvalue weighted by atomic mass is 9.76. The van der Waals surface area contributed by atoms with Crippen LogP contribution in [0.1, 0.15) is 32.6 Å². The first kappa shape index (κ1) is 9.90. The van der Waals surface area contributed by atoms with Crippen molar-refractivity contribution in [1.82, 2.24) is 0 Å². The third kappa shape index (κ3) is 1.60. The first-order chi connectivity index (χ1) is 5.61. The minimum atomic E-state index is -2.27. The van der Waals surface area contributed by atoms with E-state index in [1.54, 1.807) is 6.92 Å². The van der Waals surface area contributed by atoms with Crippen molar-refractivity contribution in [3.8, 4) is 0 Å². The summed E-state index contributed by atoms with van der Waals surface area (Å²) in [5.74, 6) is 0.141. The average Bonchev–Trinajstić information content (AvgIpc) is 2.54. The van der Waals surface area contributed by atoms with Gasteiger partial charge >= 0.3 is 0 Å². The summed E-state index contributed by atoms with van der Waals surface area (Å²) in [4.78, 5) is 0. The molecule has 1 rings (SSSR count). The van der Waals surface area contributed by atoms with Crippen molar-refractivity contribution in [2.75, 3.05) is 6.54 Å². The van der Waals surface area contributed by atoms with Crippen molar-refractivity contribution in [3.63, 3.8) is 0 Å². The van der Waals surface area contributed by atoms with Crippen LogP contribution in [0.2, 0.25) is 0 Å². The highest BCUT2D eigenvalue weighted by atomic mass is 19.3. The van der Waals surface area contributed by atoms with E-state index in [1.165, 1.54) is 0 Å². The molecule has 1 aliphatic rings. The van der Waals surface area contributed by atoms with Gasteiger partial charge in [0, 0.05) is 12.0 Å². The molecule has 1 atom stereocenters. The van der Waals surface area contributed by atoms with E-state index >= 15 is 0 Å². The van der Waals surface area contributed by atoms with E-state index in [2.05, 4.69) is 0 Å². The fraction of sp³-hybridized carbons (Fsp3) is 1.00. The normalized spacial score (nSPS) is 24.8. The monoisotopic (exact) mass is 177 g/mol. The van der Waals surface area contributed by atoms with E-state index in [4.69, 9.17) is 5.73 Å². The molecule has 0 aliphatic heterocycles. The molecular weight excluding hydrogens is 160 g/mol. The Balaban J connectivity index is 2.64. The van der Waals surface area contributed by atoms with Crippen molar-refractivity contribution in [2.45, 2.75) is 39.0 Å². The Kier molecular flexibility index (Phi) is 3.04. The summed E-state index contributed by atoms with van der Waals surface area (Å²) in [6.07, 6.45) is 1.77. The van der Waals surface area contributed by atoms with Crippen LogP contribution in [0.3, 0.4) is 0 Å². The van der Waals surface area contributed by atoms with Crippen molar-refractivity contribution in [3.05, 3.63) is 0 Å². The summed E-state index contributed by atoms with van der Waals surface area (Å²) in [5, 5.41) is 0. The van der Waals surface area contributed by atoms with E-state index in [1.807, 2.05) is 0 Å². The molecule has 0 amide bonds. The zero-order valence-corrected chi connectivity index (χ0v) is 7.52. The van der Waals surface area contributed by atoms with Crippen LogP contribution in [0.4, 0.5) is 8.78 Å². The van der Waals surface area contributed by atoms with Crippen LogP contribution in [-0.2, 0) is 0 Å². The van der Waals surface area contributed by atoms with E-state index in [9.17, 15) is 8.78 Å². The van der Waals surface area contributed by atoms with Crippen molar-refractivity contribution in [1.29, 1.82) is 0 Å². The van der Waals surface area contributed by atoms with Gasteiger partial charge in [-0.1, -0.05) is 19.8 Å². The highest BCUT2D eigenvalue weighted by molar-refractivity contribution is 4.88. The van der Waals surface area contributed by atoms with Gasteiger partial charge < -0.3 is 5.73 Å². The maximum Gasteiger partial charge on any atom is 0.245 e. The van der Waals surface area contributed by atoms with Gasteiger partial charge in [0.2, 0.25) is 6.43 Å². The molecule has 3 heteroatoms. The molecule has 0 spiro atoms. The lowest BCUT2D eigenvalue weighted by molar-refractivity contribution is -0.0264. The van der Waals surface area contributed by atoms with Gasteiger partial charge in [-0.3, -0.25) is 0 Å². The zero-order valence-electron chi connectivity index (χ0n) is 7.52. The summed E-state index contributed by atoms with van der Waals surface area (Å²) >= 11 is 0. The Morgan fingerprint density at radius 2 is 1.92 bits per heavy atom. The van der Waals surface area contributed by atoms with Gasteiger partial charge in [-0.2, -0.15) is 0 Å². The molecule has 1 saturated carbocycles. The van der Waals surface area contributed by atoms with E-state index < -0.39 is 11.8 Å². The number of nitrogens with two attached hydrogens (primary N) is 1. The van der Waals surface area contributed by atoms with Gasteiger partial charge in [-0.05, 0) is 18.8 Å². The van der Waals surface area contributed by atoms with Crippen LogP contribution in [0, 0.1) is 11.3 Å². The molecule has 0 aromatic rings. The standard InChI is InChI=1S/C9H17F2N/c1-9(6-12,8(10)11)7-4-2-3-5-7/h7-8H,2-6,12H2,1H3. The molecule has 0 heterocycles. The van der Waals surface area contributed by atoms with E-state index in [0.717, 1.165) is 25.7 Å². The highest BCUT2D eigenvalue weighted by Crippen LogP contribution is 2.42. The molecule has 2 N–H and O–H groups in total. The summed E-state index contributed by atoms with van der Waals surface area (Å²) in [5.41, 5.74) is 4.47. The molecular formula is C9H17F2N. The summed E-state index contributed by atoms with van der Waals surface area (Å²) in [6.45, 7) is 1.73. The predicted molar refractivity (Wildman–Crippen MR) is 45.1 cm³/mol. The first-order valence-corrected chi connectivity index (χ1v) is 4.59. The van der Waals surface area contributed by atoms with Gasteiger partial charge in [0.1, 0.15) is 0 Å². The minimum absolute atomic E-state index is 0.106. The number of alkyl halides is 2. The van der Waals surface area contributed by atoms with E-state index in [0.29, 0.717) is 0 Å². The van der Waals surface area contributed by atoms with Gasteiger partial charge in [-0.15, -0.1) is 0 Å². The van der Waals surface area contributed by atoms with Crippen LogP contribution < -0.4 is 5.73 Å². The molecule has 0 aromatic carbocycles. The second-order valence-electron chi connectivity index (χ2n) is 3.99.